The SMILES string of the molecule is CC(c1cc(F)ccc1F)N(C)CCN1CCNCC1. The minimum absolute atomic E-state index is 0.131. The summed E-state index contributed by atoms with van der Waals surface area (Å²) in [7, 11) is 1.96. The zero-order chi connectivity index (χ0) is 14.5. The van der Waals surface area contributed by atoms with Crippen LogP contribution in [-0.4, -0.2) is 56.1 Å². The molecule has 20 heavy (non-hydrogen) atoms. The molecule has 1 atom stereocenters. The smallest absolute Gasteiger partial charge is 0.128 e. The van der Waals surface area contributed by atoms with Crippen LogP contribution in [0.15, 0.2) is 18.2 Å². The third kappa shape index (κ3) is 3.98. The molecule has 0 aromatic heterocycles. The molecule has 0 bridgehead atoms. The van der Waals surface area contributed by atoms with Crippen LogP contribution in [0, 0.1) is 11.6 Å². The molecule has 0 spiro atoms. The summed E-state index contributed by atoms with van der Waals surface area (Å²) < 4.78 is 27.0. The van der Waals surface area contributed by atoms with E-state index in [9.17, 15) is 8.78 Å². The highest BCUT2D eigenvalue weighted by atomic mass is 19.1. The zero-order valence-corrected chi connectivity index (χ0v) is 12.2. The number of likely N-dealkylation sites (N-methyl/N-ethyl adjacent to an activating group) is 1. The molecule has 3 nitrogen and oxygen atoms in total. The first kappa shape index (κ1) is 15.4. The summed E-state index contributed by atoms with van der Waals surface area (Å²) in [5.74, 6) is -0.725. The summed E-state index contributed by atoms with van der Waals surface area (Å²) in [4.78, 5) is 4.46. The van der Waals surface area contributed by atoms with Crippen molar-refractivity contribution in [2.24, 2.45) is 0 Å². The van der Waals surface area contributed by atoms with Crippen molar-refractivity contribution >= 4 is 0 Å². The maximum absolute atomic E-state index is 13.8. The minimum atomic E-state index is -0.385. The second kappa shape index (κ2) is 7.11. The maximum Gasteiger partial charge on any atom is 0.128 e. The van der Waals surface area contributed by atoms with Gasteiger partial charge in [-0.3, -0.25) is 9.80 Å². The third-order valence-electron chi connectivity index (χ3n) is 4.05. The third-order valence-corrected chi connectivity index (χ3v) is 4.05. The minimum Gasteiger partial charge on any atom is -0.314 e. The quantitative estimate of drug-likeness (QED) is 0.890. The van der Waals surface area contributed by atoms with Gasteiger partial charge in [-0.2, -0.15) is 0 Å². The number of rotatable bonds is 5. The van der Waals surface area contributed by atoms with Gasteiger partial charge in [0.25, 0.3) is 0 Å². The van der Waals surface area contributed by atoms with Crippen molar-refractivity contribution in [1.29, 1.82) is 0 Å². The Morgan fingerprint density at radius 3 is 2.70 bits per heavy atom. The highest BCUT2D eigenvalue weighted by Crippen LogP contribution is 2.22. The molecule has 1 aliphatic heterocycles. The molecule has 112 valence electrons. The molecular weight excluding hydrogens is 260 g/mol. The van der Waals surface area contributed by atoms with Crippen LogP contribution in [0.25, 0.3) is 0 Å². The molecule has 0 radical (unpaired) electrons. The zero-order valence-electron chi connectivity index (χ0n) is 12.2. The molecule has 1 fully saturated rings. The standard InChI is InChI=1S/C15H23F2N3/c1-12(14-11-13(16)3-4-15(14)17)19(2)9-10-20-7-5-18-6-8-20/h3-4,11-12,18H,5-10H2,1-2H3. The van der Waals surface area contributed by atoms with E-state index in [0.717, 1.165) is 45.3 Å². The maximum atomic E-state index is 13.8. The number of nitrogens with zero attached hydrogens (tertiary/aromatic N) is 2. The van der Waals surface area contributed by atoms with E-state index in [4.69, 9.17) is 0 Å². The fourth-order valence-corrected chi connectivity index (χ4v) is 2.50. The van der Waals surface area contributed by atoms with Gasteiger partial charge in [-0.15, -0.1) is 0 Å². The van der Waals surface area contributed by atoms with E-state index < -0.39 is 0 Å². The van der Waals surface area contributed by atoms with Gasteiger partial charge in [0.1, 0.15) is 11.6 Å². The largest absolute Gasteiger partial charge is 0.314 e. The van der Waals surface area contributed by atoms with Gasteiger partial charge in [-0.1, -0.05) is 0 Å². The van der Waals surface area contributed by atoms with Crippen molar-refractivity contribution in [2.75, 3.05) is 46.3 Å². The van der Waals surface area contributed by atoms with E-state index in [-0.39, 0.29) is 17.7 Å². The van der Waals surface area contributed by atoms with Crippen LogP contribution in [0.4, 0.5) is 8.78 Å². The monoisotopic (exact) mass is 283 g/mol. The van der Waals surface area contributed by atoms with E-state index in [1.54, 1.807) is 0 Å². The van der Waals surface area contributed by atoms with Gasteiger partial charge in [-0.25, -0.2) is 8.78 Å². The van der Waals surface area contributed by atoms with E-state index >= 15 is 0 Å². The Labute approximate surface area is 119 Å². The van der Waals surface area contributed by atoms with Crippen molar-refractivity contribution in [2.45, 2.75) is 13.0 Å². The van der Waals surface area contributed by atoms with Gasteiger partial charge in [-0.05, 0) is 32.2 Å². The molecule has 0 amide bonds. The Bertz CT molecular complexity index is 433. The van der Waals surface area contributed by atoms with Crippen LogP contribution in [-0.2, 0) is 0 Å². The van der Waals surface area contributed by atoms with Crippen LogP contribution < -0.4 is 5.32 Å². The van der Waals surface area contributed by atoms with Gasteiger partial charge >= 0.3 is 0 Å². The van der Waals surface area contributed by atoms with Crippen LogP contribution >= 0.6 is 0 Å². The molecule has 5 heteroatoms. The number of hydrogen-bond acceptors (Lipinski definition) is 3. The van der Waals surface area contributed by atoms with Crippen molar-refractivity contribution in [3.8, 4) is 0 Å². The first-order valence-electron chi connectivity index (χ1n) is 7.16. The Morgan fingerprint density at radius 1 is 1.30 bits per heavy atom. The van der Waals surface area contributed by atoms with Gasteiger partial charge in [0.15, 0.2) is 0 Å². The summed E-state index contributed by atoms with van der Waals surface area (Å²) in [6.45, 7) is 7.87. The lowest BCUT2D eigenvalue weighted by Crippen LogP contribution is -2.46. The fraction of sp³-hybridized carbons (Fsp3) is 0.600. The molecular formula is C15H23F2N3. The number of halogens is 2. The van der Waals surface area contributed by atoms with Crippen LogP contribution in [0.5, 0.6) is 0 Å². The second-order valence-electron chi connectivity index (χ2n) is 5.41. The lowest BCUT2D eigenvalue weighted by atomic mass is 10.1. The number of nitrogens with one attached hydrogen (secondary N) is 1. The number of piperazine rings is 1. The Morgan fingerprint density at radius 2 is 2.00 bits per heavy atom. The fourth-order valence-electron chi connectivity index (χ4n) is 2.50. The van der Waals surface area contributed by atoms with E-state index in [2.05, 4.69) is 15.1 Å². The molecule has 1 N–H and O–H groups in total. The molecule has 1 unspecified atom stereocenters. The van der Waals surface area contributed by atoms with Gasteiger partial charge < -0.3 is 5.32 Å². The predicted molar refractivity (Wildman–Crippen MR) is 76.7 cm³/mol. The summed E-state index contributed by atoms with van der Waals surface area (Å²) >= 11 is 0. The Kier molecular flexibility index (Phi) is 5.46. The summed E-state index contributed by atoms with van der Waals surface area (Å²) in [5.41, 5.74) is 0.424. The van der Waals surface area contributed by atoms with Gasteiger partial charge in [0.05, 0.1) is 0 Å². The Balaban J connectivity index is 1.90. The van der Waals surface area contributed by atoms with Crippen LogP contribution in [0.2, 0.25) is 0 Å². The second-order valence-corrected chi connectivity index (χ2v) is 5.41. The molecule has 1 heterocycles. The molecule has 0 saturated carbocycles. The van der Waals surface area contributed by atoms with E-state index in [1.165, 1.54) is 12.1 Å². The summed E-state index contributed by atoms with van der Waals surface area (Å²) in [5, 5.41) is 3.32. The first-order valence-corrected chi connectivity index (χ1v) is 7.16. The molecule has 1 aliphatic rings. The lowest BCUT2D eigenvalue weighted by molar-refractivity contribution is 0.181. The summed E-state index contributed by atoms with van der Waals surface area (Å²) in [6, 6.07) is 3.52. The normalized spacial score (nSPS) is 18.4. The molecule has 1 aromatic carbocycles. The topological polar surface area (TPSA) is 18.5 Å². The van der Waals surface area contributed by atoms with Crippen LogP contribution in [0.3, 0.4) is 0 Å². The van der Waals surface area contributed by atoms with Crippen LogP contribution in [0.1, 0.15) is 18.5 Å². The van der Waals surface area contributed by atoms with E-state index in [0.29, 0.717) is 5.56 Å². The molecule has 0 aliphatic carbocycles. The Hall–Kier alpha value is -1.04. The average molecular weight is 283 g/mol. The highest BCUT2D eigenvalue weighted by molar-refractivity contribution is 5.21. The van der Waals surface area contributed by atoms with Crippen molar-refractivity contribution in [3.05, 3.63) is 35.4 Å². The van der Waals surface area contributed by atoms with Crippen molar-refractivity contribution in [3.63, 3.8) is 0 Å². The first-order chi connectivity index (χ1) is 9.58. The summed E-state index contributed by atoms with van der Waals surface area (Å²) in [6.07, 6.45) is 0. The van der Waals surface area contributed by atoms with Crippen molar-refractivity contribution in [1.82, 2.24) is 15.1 Å². The van der Waals surface area contributed by atoms with E-state index in [1.807, 2.05) is 14.0 Å². The molecule has 2 rings (SSSR count). The highest BCUT2D eigenvalue weighted by Gasteiger charge is 2.17. The number of hydrogen-bond donors (Lipinski definition) is 1. The van der Waals surface area contributed by atoms with Gasteiger partial charge in [0, 0.05) is 50.9 Å². The molecule has 1 saturated heterocycles. The van der Waals surface area contributed by atoms with Gasteiger partial charge in [0.2, 0.25) is 0 Å². The predicted octanol–water partition coefficient (Wildman–Crippen LogP) is 1.86. The average Bonchev–Trinajstić information content (AvgIpc) is 2.47. The lowest BCUT2D eigenvalue weighted by Gasteiger charge is -2.31. The molecule has 1 aromatic rings. The number of benzene rings is 1. The van der Waals surface area contributed by atoms with Crippen molar-refractivity contribution < 1.29 is 8.78 Å².